The molecule has 4 rings (SSSR count). The molecule has 1 aromatic heterocycles. The molecule has 7 nitrogen and oxygen atoms in total. The van der Waals surface area contributed by atoms with Gasteiger partial charge in [0.05, 0.1) is 19.3 Å². The zero-order valence-electron chi connectivity index (χ0n) is 15.8. The summed E-state index contributed by atoms with van der Waals surface area (Å²) in [6, 6.07) is 13.4. The molecule has 3 atom stereocenters. The van der Waals surface area contributed by atoms with Gasteiger partial charge < -0.3 is 15.2 Å². The van der Waals surface area contributed by atoms with Gasteiger partial charge in [0.1, 0.15) is 6.04 Å². The van der Waals surface area contributed by atoms with E-state index in [1.807, 2.05) is 24.3 Å². The smallest absolute Gasteiger partial charge is 0.239 e. The Morgan fingerprint density at radius 3 is 2.61 bits per heavy atom. The SMILES string of the molecule is COc1ccc(C(NC(=O)C2CC(c3ccccc3)NN2)C2CC(O)C2)cn1. The van der Waals surface area contributed by atoms with Crippen LogP contribution in [0, 0.1) is 5.92 Å². The van der Waals surface area contributed by atoms with E-state index in [2.05, 4.69) is 33.3 Å². The highest BCUT2D eigenvalue weighted by atomic mass is 16.5. The van der Waals surface area contributed by atoms with Crippen LogP contribution >= 0.6 is 0 Å². The van der Waals surface area contributed by atoms with Gasteiger partial charge in [0.2, 0.25) is 11.8 Å². The van der Waals surface area contributed by atoms with Crippen molar-refractivity contribution in [2.75, 3.05) is 7.11 Å². The number of methoxy groups -OCH3 is 1. The second-order valence-electron chi connectivity index (χ2n) is 7.55. The predicted molar refractivity (Wildman–Crippen MR) is 104 cm³/mol. The second kappa shape index (κ2) is 8.26. The molecule has 7 heteroatoms. The van der Waals surface area contributed by atoms with E-state index in [4.69, 9.17) is 4.74 Å². The van der Waals surface area contributed by atoms with Crippen molar-refractivity contribution in [3.8, 4) is 5.88 Å². The van der Waals surface area contributed by atoms with Crippen molar-refractivity contribution in [3.05, 3.63) is 59.8 Å². The van der Waals surface area contributed by atoms with Crippen LogP contribution < -0.4 is 20.9 Å². The highest BCUT2D eigenvalue weighted by molar-refractivity contribution is 5.82. The molecule has 4 N–H and O–H groups in total. The Balaban J connectivity index is 1.43. The summed E-state index contributed by atoms with van der Waals surface area (Å²) in [6.07, 6.45) is 3.49. The van der Waals surface area contributed by atoms with Gasteiger partial charge in [-0.05, 0) is 36.3 Å². The average molecular weight is 382 g/mol. The number of rotatable bonds is 6. The van der Waals surface area contributed by atoms with Crippen molar-refractivity contribution < 1.29 is 14.6 Å². The van der Waals surface area contributed by atoms with Crippen molar-refractivity contribution in [1.29, 1.82) is 0 Å². The van der Waals surface area contributed by atoms with Gasteiger partial charge in [0.25, 0.3) is 0 Å². The summed E-state index contributed by atoms with van der Waals surface area (Å²) >= 11 is 0. The number of hydrogen-bond acceptors (Lipinski definition) is 6. The van der Waals surface area contributed by atoms with Crippen LogP contribution in [-0.4, -0.2) is 35.3 Å². The minimum absolute atomic E-state index is 0.0480. The summed E-state index contributed by atoms with van der Waals surface area (Å²) in [4.78, 5) is 17.2. The van der Waals surface area contributed by atoms with Crippen LogP contribution in [0.4, 0.5) is 0 Å². The first-order valence-electron chi connectivity index (χ1n) is 9.68. The third kappa shape index (κ3) is 4.01. The summed E-state index contributed by atoms with van der Waals surface area (Å²) in [5.41, 5.74) is 8.42. The van der Waals surface area contributed by atoms with E-state index in [0.717, 1.165) is 11.1 Å². The van der Waals surface area contributed by atoms with Gasteiger partial charge in [0, 0.05) is 18.3 Å². The number of aliphatic hydroxyl groups excluding tert-OH is 1. The maximum Gasteiger partial charge on any atom is 0.239 e. The summed E-state index contributed by atoms with van der Waals surface area (Å²) in [5, 5.41) is 12.9. The number of amides is 1. The molecule has 2 heterocycles. The van der Waals surface area contributed by atoms with Crippen LogP contribution in [0.1, 0.15) is 42.5 Å². The number of carbonyl (C=O) groups excluding carboxylic acids is 1. The van der Waals surface area contributed by atoms with Crippen LogP contribution in [-0.2, 0) is 4.79 Å². The van der Waals surface area contributed by atoms with E-state index in [9.17, 15) is 9.90 Å². The fraction of sp³-hybridized carbons (Fsp3) is 0.429. The number of ether oxygens (including phenoxy) is 1. The number of nitrogens with one attached hydrogen (secondary N) is 3. The molecular formula is C21H26N4O3. The first-order valence-corrected chi connectivity index (χ1v) is 9.68. The van der Waals surface area contributed by atoms with Crippen molar-refractivity contribution in [2.24, 2.45) is 5.92 Å². The molecule has 3 unspecified atom stereocenters. The molecule has 28 heavy (non-hydrogen) atoms. The molecule has 1 aromatic carbocycles. The third-order valence-electron chi connectivity index (χ3n) is 5.67. The number of carbonyl (C=O) groups is 1. The molecule has 2 aliphatic rings. The Hall–Kier alpha value is -2.48. The highest BCUT2D eigenvalue weighted by Crippen LogP contribution is 2.38. The van der Waals surface area contributed by atoms with Crippen LogP contribution in [0.25, 0.3) is 0 Å². The molecule has 2 aromatic rings. The molecule has 1 saturated heterocycles. The molecule has 1 aliphatic carbocycles. The maximum absolute atomic E-state index is 12.9. The van der Waals surface area contributed by atoms with Gasteiger partial charge in [-0.25, -0.2) is 15.8 Å². The normalized spacial score (nSPS) is 27.6. The molecule has 1 aliphatic heterocycles. The highest BCUT2D eigenvalue weighted by Gasteiger charge is 2.38. The Kier molecular flexibility index (Phi) is 5.57. The summed E-state index contributed by atoms with van der Waals surface area (Å²) in [6.45, 7) is 0. The number of hydrogen-bond donors (Lipinski definition) is 4. The summed E-state index contributed by atoms with van der Waals surface area (Å²) < 4.78 is 5.13. The molecular weight excluding hydrogens is 356 g/mol. The van der Waals surface area contributed by atoms with Gasteiger partial charge in [-0.15, -0.1) is 0 Å². The first-order chi connectivity index (χ1) is 13.6. The van der Waals surface area contributed by atoms with Crippen LogP contribution in [0.5, 0.6) is 5.88 Å². The number of aromatic nitrogens is 1. The van der Waals surface area contributed by atoms with Crippen molar-refractivity contribution in [1.82, 2.24) is 21.2 Å². The lowest BCUT2D eigenvalue weighted by Crippen LogP contribution is -2.48. The molecule has 1 amide bonds. The second-order valence-corrected chi connectivity index (χ2v) is 7.55. The van der Waals surface area contributed by atoms with E-state index in [-0.39, 0.29) is 36.1 Å². The Morgan fingerprint density at radius 2 is 1.96 bits per heavy atom. The Bertz CT molecular complexity index is 793. The van der Waals surface area contributed by atoms with Gasteiger partial charge in [-0.3, -0.25) is 4.79 Å². The number of aliphatic hydroxyl groups is 1. The number of nitrogens with zero attached hydrogens (tertiary/aromatic N) is 1. The van der Waals surface area contributed by atoms with Crippen LogP contribution in [0.15, 0.2) is 48.7 Å². The van der Waals surface area contributed by atoms with Crippen LogP contribution in [0.3, 0.4) is 0 Å². The van der Waals surface area contributed by atoms with Crippen LogP contribution in [0.2, 0.25) is 0 Å². The largest absolute Gasteiger partial charge is 0.481 e. The molecule has 0 radical (unpaired) electrons. The van der Waals surface area contributed by atoms with Crippen molar-refractivity contribution in [3.63, 3.8) is 0 Å². The maximum atomic E-state index is 12.9. The fourth-order valence-electron chi connectivity index (χ4n) is 3.96. The number of pyridine rings is 1. The summed E-state index contributed by atoms with van der Waals surface area (Å²) in [7, 11) is 1.57. The first kappa shape index (κ1) is 18.9. The van der Waals surface area contributed by atoms with E-state index in [1.165, 1.54) is 0 Å². The van der Waals surface area contributed by atoms with E-state index < -0.39 is 0 Å². The molecule has 1 saturated carbocycles. The fourth-order valence-corrected chi connectivity index (χ4v) is 3.96. The van der Waals surface area contributed by atoms with E-state index in [0.29, 0.717) is 25.1 Å². The molecule has 2 fully saturated rings. The van der Waals surface area contributed by atoms with Crippen molar-refractivity contribution >= 4 is 5.91 Å². The standard InChI is InChI=1S/C21H26N4O3/c1-28-19-8-7-14(12-22-19)20(15-9-16(26)10-15)23-21(27)18-11-17(24-25-18)13-5-3-2-4-6-13/h2-8,12,15-18,20,24-26H,9-11H2,1H3,(H,23,27). The number of hydrazine groups is 1. The quantitative estimate of drug-likeness (QED) is 0.607. The van der Waals surface area contributed by atoms with Gasteiger partial charge in [-0.2, -0.15) is 0 Å². The summed E-state index contributed by atoms with van der Waals surface area (Å²) in [5.74, 6) is 0.691. The monoisotopic (exact) mass is 382 g/mol. The number of benzene rings is 1. The van der Waals surface area contributed by atoms with E-state index in [1.54, 1.807) is 19.4 Å². The third-order valence-corrected chi connectivity index (χ3v) is 5.67. The zero-order chi connectivity index (χ0) is 19.5. The lowest BCUT2D eigenvalue weighted by molar-refractivity contribution is -0.124. The average Bonchev–Trinajstić information content (AvgIpc) is 3.21. The minimum atomic E-state index is -0.316. The Labute approximate surface area is 164 Å². The van der Waals surface area contributed by atoms with Gasteiger partial charge >= 0.3 is 0 Å². The molecule has 0 spiro atoms. The molecule has 148 valence electrons. The lowest BCUT2D eigenvalue weighted by Gasteiger charge is -2.38. The zero-order valence-corrected chi connectivity index (χ0v) is 15.8. The topological polar surface area (TPSA) is 95.5 Å². The lowest BCUT2D eigenvalue weighted by atomic mass is 9.75. The van der Waals surface area contributed by atoms with Gasteiger partial charge in [-0.1, -0.05) is 36.4 Å². The minimum Gasteiger partial charge on any atom is -0.481 e. The van der Waals surface area contributed by atoms with E-state index >= 15 is 0 Å². The Morgan fingerprint density at radius 1 is 1.18 bits per heavy atom. The molecule has 0 bridgehead atoms. The van der Waals surface area contributed by atoms with Crippen molar-refractivity contribution in [2.45, 2.75) is 43.5 Å². The van der Waals surface area contributed by atoms with Gasteiger partial charge in [0.15, 0.2) is 0 Å². The predicted octanol–water partition coefficient (Wildman–Crippen LogP) is 1.63.